The van der Waals surface area contributed by atoms with Gasteiger partial charge in [0, 0.05) is 48.2 Å². The van der Waals surface area contributed by atoms with Crippen molar-refractivity contribution >= 4 is 11.9 Å². The number of carbonyl (C=O) groups excluding carboxylic acids is 2. The monoisotopic (exact) mass is 1250 g/mol. The van der Waals surface area contributed by atoms with Crippen LogP contribution in [-0.2, 0) is 41.2 Å². The summed E-state index contributed by atoms with van der Waals surface area (Å²) in [5, 5.41) is 0. The van der Waals surface area contributed by atoms with Crippen LogP contribution in [0.15, 0.2) is 195 Å². The number of rotatable bonds is 12. The number of pyridine rings is 3. The fraction of sp³-hybridized carbons (Fsp3) is 0. The predicted molar refractivity (Wildman–Crippen MR) is 252 cm³/mol. The third kappa shape index (κ3) is 11.2. The number of aromatic nitrogens is 5. The maximum absolute atomic E-state index is 14.1. The maximum Gasteiger partial charge on any atom is 3.00 e. The van der Waals surface area contributed by atoms with E-state index in [4.69, 9.17) is 14.2 Å². The van der Waals surface area contributed by atoms with E-state index < -0.39 is 11.9 Å². The molecule has 12 heteroatoms. The normalized spacial score (nSPS) is 10.5. The van der Waals surface area contributed by atoms with Gasteiger partial charge in [-0.05, 0) is 82.2 Å². The molecule has 10 aromatic rings. The number of esters is 2. The molecule has 0 N–H and O–H groups in total. The maximum atomic E-state index is 14.1. The van der Waals surface area contributed by atoms with Crippen LogP contribution in [-0.4, -0.2) is 36.9 Å². The Bertz CT molecular complexity index is 3240. The van der Waals surface area contributed by atoms with Gasteiger partial charge in [0.05, 0.1) is 11.1 Å². The second-order valence-corrected chi connectivity index (χ2v) is 14.8. The van der Waals surface area contributed by atoms with E-state index in [1.807, 2.05) is 91.0 Å². The summed E-state index contributed by atoms with van der Waals surface area (Å²) in [5.74, 6) is 0.234. The minimum absolute atomic E-state index is 0. The van der Waals surface area contributed by atoms with E-state index in [-0.39, 0.29) is 63.8 Å². The van der Waals surface area contributed by atoms with E-state index in [1.54, 1.807) is 97.7 Å². The minimum atomic E-state index is -0.707. The zero-order chi connectivity index (χ0) is 45.4. The number of ether oxygens (including phenoxy) is 3. The molecule has 0 amide bonds. The Morgan fingerprint density at radius 1 is 0.449 bits per heavy atom. The van der Waals surface area contributed by atoms with Gasteiger partial charge >= 0.3 is 53.1 Å². The number of hydrogen-bond donors (Lipinski definition) is 0. The Labute approximate surface area is 425 Å². The molecule has 0 saturated heterocycles. The molecule has 6 aromatic carbocycles. The molecule has 10 nitrogen and oxygen atoms in total. The SMILES string of the molecule is O=C(Oc1c[c-]c(-c2ccccn2)cc1)c1cc(C(=O)Oc2c[c-]c(-c3ccccn3)cc2)cc(-c2ccccc2-c2c[c-]c(-c3ncccn3)[c-]c2Oc2[c-]c(-c3ccccn3)ccc2)c1.[Ir+3].[Pt+2]. The Hall–Kier alpha value is -8.07. The molecule has 0 atom stereocenters. The summed E-state index contributed by atoms with van der Waals surface area (Å²) in [6.45, 7) is 0. The van der Waals surface area contributed by atoms with Crippen LogP contribution in [0.25, 0.3) is 67.4 Å². The molecular formula is C57H32IrN5O5Pt. The zero-order valence-corrected chi connectivity index (χ0v) is 40.6. The second-order valence-electron chi connectivity index (χ2n) is 14.8. The molecule has 0 bridgehead atoms. The van der Waals surface area contributed by atoms with Crippen LogP contribution in [0.2, 0.25) is 0 Å². The van der Waals surface area contributed by atoms with Crippen LogP contribution >= 0.6 is 0 Å². The third-order valence-corrected chi connectivity index (χ3v) is 10.4. The second kappa shape index (κ2) is 22.1. The van der Waals surface area contributed by atoms with Gasteiger partial charge in [-0.1, -0.05) is 72.3 Å². The van der Waals surface area contributed by atoms with E-state index in [1.165, 1.54) is 6.07 Å². The van der Waals surface area contributed by atoms with Gasteiger partial charge in [0.15, 0.2) is 0 Å². The van der Waals surface area contributed by atoms with Gasteiger partial charge in [0.1, 0.15) is 0 Å². The van der Waals surface area contributed by atoms with Crippen molar-refractivity contribution in [2.75, 3.05) is 0 Å². The van der Waals surface area contributed by atoms with Crippen LogP contribution in [0.4, 0.5) is 0 Å². The summed E-state index contributed by atoms with van der Waals surface area (Å²) in [7, 11) is 0. The summed E-state index contributed by atoms with van der Waals surface area (Å²) in [6, 6.07) is 64.5. The van der Waals surface area contributed by atoms with Crippen molar-refractivity contribution in [3.8, 4) is 90.4 Å². The van der Waals surface area contributed by atoms with Crippen molar-refractivity contribution in [2.24, 2.45) is 0 Å². The summed E-state index contributed by atoms with van der Waals surface area (Å²) in [5.41, 5.74) is 7.47. The third-order valence-electron chi connectivity index (χ3n) is 10.4. The van der Waals surface area contributed by atoms with E-state index in [9.17, 15) is 9.59 Å². The smallest absolute Gasteiger partial charge is 0.515 e. The average Bonchev–Trinajstić information content (AvgIpc) is 3.40. The molecule has 0 spiro atoms. The first-order chi connectivity index (χ1) is 33.0. The van der Waals surface area contributed by atoms with Crippen LogP contribution in [0.5, 0.6) is 23.0 Å². The molecule has 334 valence electrons. The average molecular weight is 1250 g/mol. The molecule has 10 rings (SSSR count). The van der Waals surface area contributed by atoms with Gasteiger partial charge in [-0.25, -0.2) is 27.3 Å². The van der Waals surface area contributed by atoms with Gasteiger partial charge < -0.3 is 39.1 Å². The molecule has 0 aliphatic rings. The Morgan fingerprint density at radius 2 is 0.986 bits per heavy atom. The number of nitrogens with zero attached hydrogens (tertiary/aromatic N) is 5. The molecule has 0 aliphatic carbocycles. The first-order valence-corrected chi connectivity index (χ1v) is 20.9. The van der Waals surface area contributed by atoms with Crippen LogP contribution < -0.4 is 14.2 Å². The first kappa shape index (κ1) is 47.4. The van der Waals surface area contributed by atoms with Gasteiger partial charge in [0.25, 0.3) is 0 Å². The number of benzene rings is 6. The molecular weight excluding hydrogens is 1220 g/mol. The number of hydrogen-bond acceptors (Lipinski definition) is 10. The number of carbonyl (C=O) groups is 2. The summed E-state index contributed by atoms with van der Waals surface area (Å²) in [4.78, 5) is 50.3. The molecule has 0 fully saturated rings. The molecule has 0 aliphatic heterocycles. The van der Waals surface area contributed by atoms with Crippen molar-refractivity contribution in [1.29, 1.82) is 0 Å². The standard InChI is InChI=1S/C57H32N5O5.Ir.Pt/c63-56(66-45-23-18-38(19-24-45)51-15-3-6-28-58-51)43-33-42(34-44(35-43)57(64)67-46-25-20-39(21-26-46)52-16-4-7-29-59-52)48-13-1-2-14-49(48)50-27-22-41(55-61-31-10-32-62-55)37-54(50)65-47-12-9-11-40(36-47)53-17-5-8-30-60-53;;/h1-18,20,23-35H;;/q-5;+3;+2. The van der Waals surface area contributed by atoms with Crippen LogP contribution in [0.1, 0.15) is 20.7 Å². The summed E-state index contributed by atoms with van der Waals surface area (Å²) >= 11 is 0. The molecule has 4 heterocycles. The van der Waals surface area contributed by atoms with Crippen molar-refractivity contribution in [3.05, 3.63) is 236 Å². The van der Waals surface area contributed by atoms with Crippen LogP contribution in [0, 0.1) is 30.3 Å². The summed E-state index contributed by atoms with van der Waals surface area (Å²) < 4.78 is 18.4. The van der Waals surface area contributed by atoms with E-state index in [0.29, 0.717) is 45.1 Å². The Kier molecular flexibility index (Phi) is 15.2. The van der Waals surface area contributed by atoms with Gasteiger partial charge in [-0.2, -0.15) is 0 Å². The van der Waals surface area contributed by atoms with Crippen molar-refractivity contribution in [2.45, 2.75) is 0 Å². The zero-order valence-electron chi connectivity index (χ0n) is 35.9. The Balaban J connectivity index is 0.00000321. The topological polar surface area (TPSA) is 126 Å². The molecule has 0 radical (unpaired) electrons. The van der Waals surface area contributed by atoms with Crippen molar-refractivity contribution < 1.29 is 65.0 Å². The van der Waals surface area contributed by atoms with E-state index >= 15 is 0 Å². The van der Waals surface area contributed by atoms with Crippen LogP contribution in [0.3, 0.4) is 0 Å². The predicted octanol–water partition coefficient (Wildman–Crippen LogP) is 11.9. The van der Waals surface area contributed by atoms with E-state index in [2.05, 4.69) is 55.3 Å². The van der Waals surface area contributed by atoms with Crippen molar-refractivity contribution in [3.63, 3.8) is 0 Å². The quantitative estimate of drug-likeness (QED) is 0.0663. The van der Waals surface area contributed by atoms with Gasteiger partial charge in [-0.3, -0.25) is 6.07 Å². The first-order valence-electron chi connectivity index (χ1n) is 20.9. The molecule has 0 unspecified atom stereocenters. The largest absolute Gasteiger partial charge is 3.00 e. The molecule has 0 saturated carbocycles. The molecule has 4 aromatic heterocycles. The fourth-order valence-corrected chi connectivity index (χ4v) is 7.18. The van der Waals surface area contributed by atoms with E-state index in [0.717, 1.165) is 33.8 Å². The minimum Gasteiger partial charge on any atom is -0.515 e. The van der Waals surface area contributed by atoms with Crippen molar-refractivity contribution in [1.82, 2.24) is 24.9 Å². The van der Waals surface area contributed by atoms with Gasteiger partial charge in [0.2, 0.25) is 0 Å². The Morgan fingerprint density at radius 3 is 1.52 bits per heavy atom. The molecule has 69 heavy (non-hydrogen) atoms. The van der Waals surface area contributed by atoms with Gasteiger partial charge in [-0.15, -0.1) is 89.0 Å². The summed E-state index contributed by atoms with van der Waals surface area (Å²) in [6.07, 6.45) is 8.40. The fourth-order valence-electron chi connectivity index (χ4n) is 7.18.